The summed E-state index contributed by atoms with van der Waals surface area (Å²) < 4.78 is 13.5. The molecule has 0 fully saturated rings. The molecule has 88 valence electrons. The second kappa shape index (κ2) is 3.77. The Morgan fingerprint density at radius 3 is 3.12 bits per heavy atom. The van der Waals surface area contributed by atoms with E-state index in [1.165, 1.54) is 0 Å². The van der Waals surface area contributed by atoms with Gasteiger partial charge in [-0.2, -0.15) is 0 Å². The first-order valence-corrected chi connectivity index (χ1v) is 6.05. The molecule has 0 bridgehead atoms. The third-order valence-electron chi connectivity index (χ3n) is 2.89. The number of methoxy groups -OCH3 is 1. The van der Waals surface area contributed by atoms with Crippen LogP contribution in [0.5, 0.6) is 11.5 Å². The van der Waals surface area contributed by atoms with Crippen molar-refractivity contribution in [1.82, 2.24) is 4.57 Å². The molecule has 2 aromatic rings. The molecule has 5 heteroatoms. The molecule has 0 saturated carbocycles. The van der Waals surface area contributed by atoms with Crippen molar-refractivity contribution in [2.24, 2.45) is 0 Å². The van der Waals surface area contributed by atoms with Crippen LogP contribution >= 0.6 is 15.9 Å². The Hall–Kier alpha value is -1.49. The highest BCUT2D eigenvalue weighted by atomic mass is 79.9. The van der Waals surface area contributed by atoms with Crippen molar-refractivity contribution < 1.29 is 14.3 Å². The van der Waals surface area contributed by atoms with E-state index in [9.17, 15) is 4.79 Å². The third kappa shape index (κ3) is 1.45. The van der Waals surface area contributed by atoms with Gasteiger partial charge in [0.15, 0.2) is 11.5 Å². The Kier molecular flexibility index (Phi) is 2.36. The summed E-state index contributed by atoms with van der Waals surface area (Å²) in [6, 6.07) is 3.76. The number of hydrogen-bond acceptors (Lipinski definition) is 3. The average molecular weight is 296 g/mol. The minimum absolute atomic E-state index is 0.0407. The van der Waals surface area contributed by atoms with Crippen LogP contribution in [0.4, 0.5) is 0 Å². The minimum atomic E-state index is 0.0407. The summed E-state index contributed by atoms with van der Waals surface area (Å²) in [5.74, 6) is 1.32. The van der Waals surface area contributed by atoms with Crippen LogP contribution in [-0.2, 0) is 0 Å². The van der Waals surface area contributed by atoms with Gasteiger partial charge in [0.1, 0.15) is 5.52 Å². The number of ether oxygens (including phenoxy) is 2. The average Bonchev–Trinajstić information content (AvgIpc) is 2.70. The van der Waals surface area contributed by atoms with Crippen molar-refractivity contribution in [1.29, 1.82) is 0 Å². The summed E-state index contributed by atoms with van der Waals surface area (Å²) in [5, 5.41) is 0.955. The molecule has 1 aliphatic rings. The van der Waals surface area contributed by atoms with E-state index < -0.39 is 0 Å². The Morgan fingerprint density at radius 1 is 1.53 bits per heavy atom. The van der Waals surface area contributed by atoms with E-state index in [0.29, 0.717) is 24.5 Å². The van der Waals surface area contributed by atoms with E-state index in [4.69, 9.17) is 9.47 Å². The quantitative estimate of drug-likeness (QED) is 0.812. The molecule has 0 saturated heterocycles. The molecule has 0 spiro atoms. The van der Waals surface area contributed by atoms with Crippen molar-refractivity contribution >= 4 is 32.7 Å². The number of benzene rings is 1. The van der Waals surface area contributed by atoms with E-state index >= 15 is 0 Å². The maximum Gasteiger partial charge on any atom is 0.234 e. The Bertz CT molecular complexity index is 618. The smallest absolute Gasteiger partial charge is 0.234 e. The molecular formula is C12H10BrNO3. The fourth-order valence-electron chi connectivity index (χ4n) is 2.09. The van der Waals surface area contributed by atoms with Gasteiger partial charge < -0.3 is 9.47 Å². The van der Waals surface area contributed by atoms with E-state index in [1.807, 2.05) is 12.1 Å². The largest absolute Gasteiger partial charge is 0.493 e. The van der Waals surface area contributed by atoms with Gasteiger partial charge in [-0.3, -0.25) is 9.36 Å². The minimum Gasteiger partial charge on any atom is -0.493 e. The summed E-state index contributed by atoms with van der Waals surface area (Å²) >= 11 is 3.47. The Labute approximate surface area is 106 Å². The molecule has 3 rings (SSSR count). The lowest BCUT2D eigenvalue weighted by atomic mass is 10.2. The van der Waals surface area contributed by atoms with Gasteiger partial charge in [0, 0.05) is 16.1 Å². The van der Waals surface area contributed by atoms with Crippen LogP contribution in [0.25, 0.3) is 10.9 Å². The molecular weight excluding hydrogens is 286 g/mol. The van der Waals surface area contributed by atoms with E-state index in [-0.39, 0.29) is 5.91 Å². The number of carbonyl (C=O) groups excluding carboxylic acids is 1. The number of halogens is 1. The number of nitrogens with zero attached hydrogens (tertiary/aromatic N) is 1. The van der Waals surface area contributed by atoms with Crippen LogP contribution in [0, 0.1) is 0 Å². The van der Waals surface area contributed by atoms with Crippen LogP contribution in [-0.4, -0.2) is 24.2 Å². The lowest BCUT2D eigenvalue weighted by molar-refractivity contribution is 0.0895. The summed E-state index contributed by atoms with van der Waals surface area (Å²) in [6.07, 6.45) is 2.15. The van der Waals surface area contributed by atoms with Crippen molar-refractivity contribution in [2.45, 2.75) is 6.42 Å². The lowest BCUT2D eigenvalue weighted by Gasteiger charge is -2.10. The Morgan fingerprint density at radius 2 is 2.35 bits per heavy atom. The molecule has 2 heterocycles. The monoisotopic (exact) mass is 295 g/mol. The molecule has 17 heavy (non-hydrogen) atoms. The molecule has 1 aromatic heterocycles. The van der Waals surface area contributed by atoms with Gasteiger partial charge >= 0.3 is 0 Å². The lowest BCUT2D eigenvalue weighted by Crippen LogP contribution is -2.09. The standard InChI is InChI=1S/C12H10BrNO3/c1-16-9-6-8(13)7-2-4-14-10(15)3-5-17-12(9)11(7)14/h2,4,6H,3,5H2,1H3. The molecule has 4 nitrogen and oxygen atoms in total. The number of aromatic nitrogens is 1. The first kappa shape index (κ1) is 10.7. The zero-order valence-electron chi connectivity index (χ0n) is 9.20. The topological polar surface area (TPSA) is 40.5 Å². The van der Waals surface area contributed by atoms with Crippen LogP contribution in [0.2, 0.25) is 0 Å². The first-order valence-electron chi connectivity index (χ1n) is 5.26. The van der Waals surface area contributed by atoms with Crippen LogP contribution in [0.1, 0.15) is 11.2 Å². The van der Waals surface area contributed by atoms with Gasteiger partial charge in [0.25, 0.3) is 0 Å². The maximum atomic E-state index is 11.9. The highest BCUT2D eigenvalue weighted by Crippen LogP contribution is 2.41. The zero-order chi connectivity index (χ0) is 12.0. The number of carbonyl (C=O) groups is 1. The zero-order valence-corrected chi connectivity index (χ0v) is 10.8. The fourth-order valence-corrected chi connectivity index (χ4v) is 2.62. The second-order valence-electron chi connectivity index (χ2n) is 3.83. The maximum absolute atomic E-state index is 11.9. The van der Waals surface area contributed by atoms with Gasteiger partial charge in [0.2, 0.25) is 5.91 Å². The molecule has 0 aliphatic carbocycles. The van der Waals surface area contributed by atoms with Gasteiger partial charge in [0.05, 0.1) is 20.1 Å². The first-order chi connectivity index (χ1) is 8.22. The molecule has 0 unspecified atom stereocenters. The molecule has 0 N–H and O–H groups in total. The van der Waals surface area contributed by atoms with Gasteiger partial charge in [-0.05, 0) is 28.1 Å². The van der Waals surface area contributed by atoms with Crippen LogP contribution in [0.15, 0.2) is 22.8 Å². The van der Waals surface area contributed by atoms with Crippen LogP contribution in [0.3, 0.4) is 0 Å². The molecule has 1 aliphatic heterocycles. The molecule has 0 radical (unpaired) electrons. The number of hydrogen-bond donors (Lipinski definition) is 0. The summed E-state index contributed by atoms with van der Waals surface area (Å²) in [6.45, 7) is 0.383. The predicted molar refractivity (Wildman–Crippen MR) is 66.9 cm³/mol. The summed E-state index contributed by atoms with van der Waals surface area (Å²) in [5.41, 5.74) is 0.777. The van der Waals surface area contributed by atoms with Crippen LogP contribution < -0.4 is 9.47 Å². The van der Waals surface area contributed by atoms with Crippen molar-refractivity contribution in [3.63, 3.8) is 0 Å². The Balaban J connectivity index is 2.45. The predicted octanol–water partition coefficient (Wildman–Crippen LogP) is 2.84. The normalized spacial score (nSPS) is 14.6. The highest BCUT2D eigenvalue weighted by molar-refractivity contribution is 9.10. The molecule has 0 amide bonds. The summed E-state index contributed by atoms with van der Waals surface area (Å²) in [7, 11) is 1.59. The number of rotatable bonds is 1. The van der Waals surface area contributed by atoms with Crippen molar-refractivity contribution in [3.8, 4) is 11.5 Å². The molecule has 0 atom stereocenters. The van der Waals surface area contributed by atoms with Gasteiger partial charge in [-0.1, -0.05) is 0 Å². The highest BCUT2D eigenvalue weighted by Gasteiger charge is 2.22. The summed E-state index contributed by atoms with van der Waals surface area (Å²) in [4.78, 5) is 11.9. The van der Waals surface area contributed by atoms with Crippen molar-refractivity contribution in [3.05, 3.63) is 22.8 Å². The van der Waals surface area contributed by atoms with Gasteiger partial charge in [-0.25, -0.2) is 0 Å². The fraction of sp³-hybridized carbons (Fsp3) is 0.250. The SMILES string of the molecule is COc1cc(Br)c2ccn3c2c1OCCC3=O. The second-order valence-corrected chi connectivity index (χ2v) is 4.68. The van der Waals surface area contributed by atoms with Crippen molar-refractivity contribution in [2.75, 3.05) is 13.7 Å². The van der Waals surface area contributed by atoms with E-state index in [0.717, 1.165) is 15.4 Å². The third-order valence-corrected chi connectivity index (χ3v) is 3.55. The van der Waals surface area contributed by atoms with E-state index in [1.54, 1.807) is 17.9 Å². The van der Waals surface area contributed by atoms with E-state index in [2.05, 4.69) is 15.9 Å². The van der Waals surface area contributed by atoms with Gasteiger partial charge in [-0.15, -0.1) is 0 Å². The molecule has 1 aromatic carbocycles.